The molecule has 5 nitrogen and oxygen atoms in total. The van der Waals surface area contributed by atoms with Gasteiger partial charge in [0.25, 0.3) is 0 Å². The van der Waals surface area contributed by atoms with Crippen LogP contribution in [0.4, 0.5) is 5.82 Å². The van der Waals surface area contributed by atoms with E-state index >= 15 is 0 Å². The van der Waals surface area contributed by atoms with Gasteiger partial charge in [-0.15, -0.1) is 11.3 Å². The number of anilines is 1. The minimum Gasteiger partial charge on any atom is -0.349 e. The van der Waals surface area contributed by atoms with Crippen LogP contribution in [0, 0.1) is 0 Å². The molecule has 2 atom stereocenters. The van der Waals surface area contributed by atoms with E-state index < -0.39 is 0 Å². The number of amides is 1. The molecule has 0 aliphatic carbocycles. The lowest BCUT2D eigenvalue weighted by Crippen LogP contribution is -2.59. The van der Waals surface area contributed by atoms with Crippen LogP contribution in [0.25, 0.3) is 10.2 Å². The number of carbonyl (C=O) groups is 1. The molecule has 23 heavy (non-hydrogen) atoms. The van der Waals surface area contributed by atoms with Gasteiger partial charge in [-0.25, -0.2) is 9.97 Å². The van der Waals surface area contributed by atoms with Crippen molar-refractivity contribution < 1.29 is 4.79 Å². The summed E-state index contributed by atoms with van der Waals surface area (Å²) < 4.78 is 1.05. The first-order valence-corrected chi connectivity index (χ1v) is 9.65. The van der Waals surface area contributed by atoms with E-state index in [-0.39, 0.29) is 18.0 Å². The van der Waals surface area contributed by atoms with E-state index in [1.54, 1.807) is 24.6 Å². The van der Waals surface area contributed by atoms with E-state index in [9.17, 15) is 4.79 Å². The number of fused-ring (bicyclic) bond motifs is 1. The lowest BCUT2D eigenvalue weighted by atomic mass is 10.0. The molecule has 0 saturated carbocycles. The lowest BCUT2D eigenvalue weighted by molar-refractivity contribution is -0.132. The summed E-state index contributed by atoms with van der Waals surface area (Å²) in [6, 6.07) is 0.518. The van der Waals surface area contributed by atoms with Crippen LogP contribution < -0.4 is 4.90 Å². The molecule has 1 aliphatic rings. The zero-order valence-electron chi connectivity index (χ0n) is 13.6. The fraction of sp³-hybridized carbons (Fsp3) is 0.562. The highest BCUT2D eigenvalue weighted by atomic mass is 79.9. The summed E-state index contributed by atoms with van der Waals surface area (Å²) in [6.45, 7) is 7.56. The molecular weight excluding hydrogens is 376 g/mol. The molecule has 1 saturated heterocycles. The van der Waals surface area contributed by atoms with Gasteiger partial charge in [0, 0.05) is 41.9 Å². The van der Waals surface area contributed by atoms with Crippen LogP contribution in [-0.4, -0.2) is 45.9 Å². The average molecular weight is 397 g/mol. The first-order valence-electron chi connectivity index (χ1n) is 7.98. The first kappa shape index (κ1) is 16.6. The molecule has 2 aromatic heterocycles. The van der Waals surface area contributed by atoms with Gasteiger partial charge in [0.2, 0.25) is 5.91 Å². The Labute approximate surface area is 148 Å². The van der Waals surface area contributed by atoms with E-state index in [1.165, 1.54) is 0 Å². The molecule has 1 aliphatic heterocycles. The van der Waals surface area contributed by atoms with Gasteiger partial charge in [-0.2, -0.15) is 0 Å². The van der Waals surface area contributed by atoms with Crippen molar-refractivity contribution in [2.45, 2.75) is 45.7 Å². The third kappa shape index (κ3) is 2.96. The number of rotatable bonds is 3. The number of hydrogen-bond donors (Lipinski definition) is 0. The molecule has 0 aromatic carbocycles. The van der Waals surface area contributed by atoms with Crippen molar-refractivity contribution in [1.29, 1.82) is 0 Å². The summed E-state index contributed by atoms with van der Waals surface area (Å²) in [7, 11) is 0. The van der Waals surface area contributed by atoms with Crippen LogP contribution in [0.1, 0.15) is 33.6 Å². The first-order chi connectivity index (χ1) is 11.1. The standard InChI is InChI=1S/C16H21BrN4OS/c1-4-11-7-21(12(5-2)6-20(11)10(3)22)15-14-13(17)8-23-16(14)19-9-18-15/h8-9,11-12H,4-7H2,1-3H3. The molecule has 124 valence electrons. The number of aromatic nitrogens is 2. The van der Waals surface area contributed by atoms with Gasteiger partial charge in [0.15, 0.2) is 0 Å². The Hall–Kier alpha value is -1.21. The summed E-state index contributed by atoms with van der Waals surface area (Å²) in [5, 5.41) is 3.15. The van der Waals surface area contributed by atoms with Gasteiger partial charge in [0.05, 0.1) is 5.39 Å². The highest BCUT2D eigenvalue weighted by Crippen LogP contribution is 2.37. The molecule has 0 radical (unpaired) electrons. The normalized spacial score (nSPS) is 21.9. The molecule has 2 aromatic rings. The molecule has 7 heteroatoms. The fourth-order valence-corrected chi connectivity index (χ4v) is 4.87. The van der Waals surface area contributed by atoms with E-state index in [0.29, 0.717) is 0 Å². The second-order valence-corrected chi connectivity index (χ2v) is 7.62. The van der Waals surface area contributed by atoms with Crippen LogP contribution in [-0.2, 0) is 4.79 Å². The zero-order valence-corrected chi connectivity index (χ0v) is 16.0. The Morgan fingerprint density at radius 3 is 2.70 bits per heavy atom. The predicted molar refractivity (Wildman–Crippen MR) is 98.0 cm³/mol. The van der Waals surface area contributed by atoms with E-state index in [0.717, 1.165) is 46.4 Å². The molecule has 0 bridgehead atoms. The van der Waals surface area contributed by atoms with Gasteiger partial charge >= 0.3 is 0 Å². The molecule has 3 rings (SSSR count). The van der Waals surface area contributed by atoms with Crippen LogP contribution >= 0.6 is 27.3 Å². The highest BCUT2D eigenvalue weighted by molar-refractivity contribution is 9.10. The van der Waals surface area contributed by atoms with Gasteiger partial charge in [-0.3, -0.25) is 4.79 Å². The molecule has 0 spiro atoms. The predicted octanol–water partition coefficient (Wildman–Crippen LogP) is 3.68. The highest BCUT2D eigenvalue weighted by Gasteiger charge is 2.35. The maximum absolute atomic E-state index is 12.0. The van der Waals surface area contributed by atoms with Crippen LogP contribution in [0.2, 0.25) is 0 Å². The Morgan fingerprint density at radius 2 is 2.04 bits per heavy atom. The minimum absolute atomic E-state index is 0.166. The van der Waals surface area contributed by atoms with Crippen LogP contribution in [0.15, 0.2) is 16.2 Å². The second-order valence-electron chi connectivity index (χ2n) is 5.91. The van der Waals surface area contributed by atoms with Gasteiger partial charge < -0.3 is 9.80 Å². The third-order valence-corrected chi connectivity index (χ3v) is 6.44. The van der Waals surface area contributed by atoms with Crippen molar-refractivity contribution in [2.24, 2.45) is 0 Å². The third-order valence-electron chi connectivity index (χ3n) is 4.62. The molecule has 1 fully saturated rings. The Bertz CT molecular complexity index is 719. The summed E-state index contributed by atoms with van der Waals surface area (Å²) in [4.78, 5) is 26.3. The monoisotopic (exact) mass is 396 g/mol. The number of carbonyl (C=O) groups excluding carboxylic acids is 1. The lowest BCUT2D eigenvalue weighted by Gasteiger charge is -2.46. The molecule has 1 amide bonds. The van der Waals surface area contributed by atoms with Crippen molar-refractivity contribution >= 4 is 49.2 Å². The summed E-state index contributed by atoms with van der Waals surface area (Å²) in [5.74, 6) is 1.15. The fourth-order valence-electron chi connectivity index (χ4n) is 3.34. The van der Waals surface area contributed by atoms with E-state index in [4.69, 9.17) is 0 Å². The minimum atomic E-state index is 0.166. The van der Waals surface area contributed by atoms with Crippen molar-refractivity contribution in [1.82, 2.24) is 14.9 Å². The van der Waals surface area contributed by atoms with Crippen molar-refractivity contribution in [3.63, 3.8) is 0 Å². The van der Waals surface area contributed by atoms with Crippen molar-refractivity contribution in [3.05, 3.63) is 16.2 Å². The number of thiophene rings is 1. The quantitative estimate of drug-likeness (QED) is 0.793. The topological polar surface area (TPSA) is 49.3 Å². The Morgan fingerprint density at radius 1 is 1.30 bits per heavy atom. The zero-order chi connectivity index (χ0) is 16.6. The largest absolute Gasteiger partial charge is 0.349 e. The van der Waals surface area contributed by atoms with Crippen LogP contribution in [0.5, 0.6) is 0 Å². The SMILES string of the molecule is CCC1CN(c2ncnc3scc(Br)c23)C(CC)CN1C(C)=O. The summed E-state index contributed by atoms with van der Waals surface area (Å²) in [6.07, 6.45) is 3.57. The van der Waals surface area contributed by atoms with E-state index in [1.807, 2.05) is 4.90 Å². The summed E-state index contributed by atoms with van der Waals surface area (Å²) >= 11 is 5.26. The van der Waals surface area contributed by atoms with Gasteiger partial charge in [-0.1, -0.05) is 13.8 Å². The molecular formula is C16H21BrN4OS. The van der Waals surface area contributed by atoms with E-state index in [2.05, 4.69) is 50.0 Å². The molecule has 3 heterocycles. The Balaban J connectivity index is 2.03. The number of hydrogen-bond acceptors (Lipinski definition) is 5. The number of nitrogens with zero attached hydrogens (tertiary/aromatic N) is 4. The summed E-state index contributed by atoms with van der Waals surface area (Å²) in [5.41, 5.74) is 0. The van der Waals surface area contributed by atoms with Crippen molar-refractivity contribution in [3.8, 4) is 0 Å². The average Bonchev–Trinajstić information content (AvgIpc) is 2.95. The number of piperazine rings is 1. The van der Waals surface area contributed by atoms with Gasteiger partial charge in [-0.05, 0) is 28.8 Å². The molecule has 0 N–H and O–H groups in total. The van der Waals surface area contributed by atoms with Crippen molar-refractivity contribution in [2.75, 3.05) is 18.0 Å². The second kappa shape index (κ2) is 6.73. The van der Waals surface area contributed by atoms with Gasteiger partial charge in [0.1, 0.15) is 17.0 Å². The Kier molecular flexibility index (Phi) is 4.87. The maximum atomic E-state index is 12.0. The maximum Gasteiger partial charge on any atom is 0.219 e. The smallest absolute Gasteiger partial charge is 0.219 e. The number of halogens is 1. The van der Waals surface area contributed by atoms with Crippen LogP contribution in [0.3, 0.4) is 0 Å². The molecule has 2 unspecified atom stereocenters.